The van der Waals surface area contributed by atoms with E-state index in [1.807, 2.05) is 0 Å². The summed E-state index contributed by atoms with van der Waals surface area (Å²) in [6.07, 6.45) is 4.78. The van der Waals surface area contributed by atoms with E-state index in [4.69, 9.17) is 5.73 Å². The lowest BCUT2D eigenvalue weighted by atomic mass is 9.91. The fourth-order valence-electron chi connectivity index (χ4n) is 2.68. The van der Waals surface area contributed by atoms with E-state index in [0.29, 0.717) is 0 Å². The number of hydrogen-bond donors (Lipinski definition) is 1. The Labute approximate surface area is 91.1 Å². The molecule has 80 valence electrons. The van der Waals surface area contributed by atoms with E-state index >= 15 is 0 Å². The van der Waals surface area contributed by atoms with Crippen molar-refractivity contribution in [3.63, 3.8) is 0 Å². The first-order valence-corrected chi connectivity index (χ1v) is 5.83. The van der Waals surface area contributed by atoms with E-state index in [1.165, 1.54) is 36.2 Å². The fourth-order valence-corrected chi connectivity index (χ4v) is 2.68. The van der Waals surface area contributed by atoms with Crippen LogP contribution in [0.2, 0.25) is 0 Å². The van der Waals surface area contributed by atoms with Crippen LogP contribution in [0, 0.1) is 0 Å². The minimum absolute atomic E-state index is 0.0174. The van der Waals surface area contributed by atoms with Gasteiger partial charge in [-0.1, -0.05) is 12.1 Å². The van der Waals surface area contributed by atoms with Gasteiger partial charge in [-0.3, -0.25) is 0 Å². The molecule has 0 amide bonds. The molecule has 0 aromatic heterocycles. The summed E-state index contributed by atoms with van der Waals surface area (Å²) in [4.78, 5) is 2.36. The number of nitrogens with two attached hydrogens (primary N) is 1. The molecule has 1 aromatic rings. The molecular formula is C13H18N2. The largest absolute Gasteiger partial charge is 0.374 e. The van der Waals surface area contributed by atoms with Crippen LogP contribution in [0.25, 0.3) is 0 Å². The first-order chi connectivity index (χ1) is 7.21. The van der Waals surface area contributed by atoms with E-state index in [0.717, 1.165) is 12.8 Å². The normalized spacial score (nSPS) is 22.4. The highest BCUT2D eigenvalue weighted by molar-refractivity contribution is 5.60. The fraction of sp³-hybridized carbons (Fsp3) is 0.538. The van der Waals surface area contributed by atoms with Gasteiger partial charge in [0.05, 0.1) is 0 Å². The Hall–Kier alpha value is -1.02. The molecule has 2 nitrogen and oxygen atoms in total. The molecule has 2 N–H and O–H groups in total. The molecule has 3 rings (SSSR count). The van der Waals surface area contributed by atoms with Crippen LogP contribution in [0.3, 0.4) is 0 Å². The van der Waals surface area contributed by atoms with Crippen LogP contribution >= 0.6 is 0 Å². The summed E-state index contributed by atoms with van der Waals surface area (Å²) in [5.41, 5.74) is 10.6. The van der Waals surface area contributed by atoms with Crippen LogP contribution in [-0.2, 0) is 12.0 Å². The minimum atomic E-state index is 0.0174. The third-order valence-corrected chi connectivity index (χ3v) is 3.81. The van der Waals surface area contributed by atoms with Crippen LogP contribution in [0.1, 0.15) is 30.4 Å². The lowest BCUT2D eigenvalue weighted by molar-refractivity contribution is 0.687. The number of anilines is 1. The molecule has 1 aliphatic carbocycles. The first-order valence-electron chi connectivity index (χ1n) is 5.83. The first kappa shape index (κ1) is 9.22. The van der Waals surface area contributed by atoms with E-state index < -0.39 is 0 Å². The van der Waals surface area contributed by atoms with Crippen molar-refractivity contribution >= 4 is 5.69 Å². The highest BCUT2D eigenvalue weighted by Crippen LogP contribution is 2.46. The van der Waals surface area contributed by atoms with Crippen LogP contribution < -0.4 is 10.6 Å². The van der Waals surface area contributed by atoms with Crippen molar-refractivity contribution in [3.8, 4) is 0 Å². The third-order valence-electron chi connectivity index (χ3n) is 3.81. The average Bonchev–Trinajstić information content (AvgIpc) is 2.98. The Balaban J connectivity index is 2.12. The van der Waals surface area contributed by atoms with Crippen molar-refractivity contribution in [2.45, 2.75) is 31.2 Å². The number of nitrogens with zero attached hydrogens (tertiary/aromatic N) is 1. The van der Waals surface area contributed by atoms with Crippen LogP contribution in [0.15, 0.2) is 18.2 Å². The summed E-state index contributed by atoms with van der Waals surface area (Å²) in [6.45, 7) is 1.17. The summed E-state index contributed by atoms with van der Waals surface area (Å²) >= 11 is 0. The van der Waals surface area contributed by atoms with E-state index in [1.54, 1.807) is 0 Å². The third kappa shape index (κ3) is 1.36. The Morgan fingerprint density at radius 3 is 2.87 bits per heavy atom. The van der Waals surface area contributed by atoms with Crippen LogP contribution in [0.4, 0.5) is 5.69 Å². The average molecular weight is 202 g/mol. The minimum Gasteiger partial charge on any atom is -0.374 e. The molecule has 0 spiro atoms. The molecule has 0 unspecified atom stereocenters. The molecule has 0 radical (unpaired) electrons. The van der Waals surface area contributed by atoms with E-state index in [-0.39, 0.29) is 5.54 Å². The zero-order valence-corrected chi connectivity index (χ0v) is 9.29. The molecule has 1 aliphatic heterocycles. The lowest BCUT2D eigenvalue weighted by Crippen LogP contribution is -2.28. The van der Waals surface area contributed by atoms with Crippen LogP contribution in [-0.4, -0.2) is 13.6 Å². The van der Waals surface area contributed by atoms with Gasteiger partial charge in [-0.05, 0) is 42.9 Å². The Morgan fingerprint density at radius 2 is 2.13 bits per heavy atom. The number of rotatable bonds is 1. The number of hydrogen-bond acceptors (Lipinski definition) is 2. The highest BCUT2D eigenvalue weighted by atomic mass is 15.1. The topological polar surface area (TPSA) is 29.3 Å². The molecule has 1 fully saturated rings. The van der Waals surface area contributed by atoms with Crippen molar-refractivity contribution < 1.29 is 0 Å². The molecule has 0 bridgehead atoms. The van der Waals surface area contributed by atoms with Gasteiger partial charge in [0.25, 0.3) is 0 Å². The van der Waals surface area contributed by atoms with Gasteiger partial charge in [-0.15, -0.1) is 0 Å². The summed E-state index contributed by atoms with van der Waals surface area (Å²) in [5.74, 6) is 0. The van der Waals surface area contributed by atoms with Crippen molar-refractivity contribution in [1.82, 2.24) is 0 Å². The molecule has 0 atom stereocenters. The Bertz CT molecular complexity index is 394. The smallest absolute Gasteiger partial charge is 0.0414 e. The highest BCUT2D eigenvalue weighted by Gasteiger charge is 2.42. The van der Waals surface area contributed by atoms with E-state index in [2.05, 4.69) is 30.1 Å². The second-order valence-electron chi connectivity index (χ2n) is 4.98. The molecule has 0 saturated heterocycles. The van der Waals surface area contributed by atoms with Gasteiger partial charge in [-0.25, -0.2) is 0 Å². The lowest BCUT2D eigenvalue weighted by Gasteiger charge is -2.30. The zero-order valence-electron chi connectivity index (χ0n) is 9.29. The van der Waals surface area contributed by atoms with Crippen LogP contribution in [0.5, 0.6) is 0 Å². The standard InChI is InChI=1S/C13H18N2/c1-15-9-3-4-10-11(13(14)7-8-13)5-2-6-12(10)15/h2,5-6H,3-4,7-9,14H2,1H3. The van der Waals surface area contributed by atoms with Crippen molar-refractivity contribution in [2.24, 2.45) is 5.73 Å². The van der Waals surface area contributed by atoms with E-state index in [9.17, 15) is 0 Å². The molecule has 2 aliphatic rings. The molecule has 1 saturated carbocycles. The molecule has 1 aromatic carbocycles. The van der Waals surface area contributed by atoms with Gasteiger partial charge >= 0.3 is 0 Å². The van der Waals surface area contributed by atoms with Gasteiger partial charge in [-0.2, -0.15) is 0 Å². The summed E-state index contributed by atoms with van der Waals surface area (Å²) in [7, 11) is 2.18. The van der Waals surface area contributed by atoms with Crippen molar-refractivity contribution in [2.75, 3.05) is 18.5 Å². The molecular weight excluding hydrogens is 184 g/mol. The Morgan fingerprint density at radius 1 is 1.33 bits per heavy atom. The quantitative estimate of drug-likeness (QED) is 0.755. The summed E-state index contributed by atoms with van der Waals surface area (Å²) in [5, 5.41) is 0. The monoisotopic (exact) mass is 202 g/mol. The molecule has 15 heavy (non-hydrogen) atoms. The maximum atomic E-state index is 6.32. The zero-order chi connectivity index (χ0) is 10.5. The maximum absolute atomic E-state index is 6.32. The Kier molecular flexibility index (Phi) is 1.84. The summed E-state index contributed by atoms with van der Waals surface area (Å²) in [6, 6.07) is 6.61. The van der Waals surface area contributed by atoms with Gasteiger partial charge in [0.2, 0.25) is 0 Å². The van der Waals surface area contributed by atoms with Gasteiger partial charge in [0.1, 0.15) is 0 Å². The van der Waals surface area contributed by atoms with Crippen molar-refractivity contribution in [1.29, 1.82) is 0 Å². The number of benzene rings is 1. The van der Waals surface area contributed by atoms with Crippen molar-refractivity contribution in [3.05, 3.63) is 29.3 Å². The van der Waals surface area contributed by atoms with Gasteiger partial charge in [0.15, 0.2) is 0 Å². The SMILES string of the molecule is CN1CCCc2c1cccc2C1(N)CC1. The second-order valence-corrected chi connectivity index (χ2v) is 4.98. The molecule has 2 heteroatoms. The second kappa shape index (κ2) is 2.99. The predicted octanol–water partition coefficient (Wildman–Crippen LogP) is 2.02. The van der Waals surface area contributed by atoms with Gasteiger partial charge < -0.3 is 10.6 Å². The molecule has 1 heterocycles. The maximum Gasteiger partial charge on any atom is 0.0414 e. The number of fused-ring (bicyclic) bond motifs is 1. The van der Waals surface area contributed by atoms with Gasteiger partial charge in [0, 0.05) is 24.8 Å². The predicted molar refractivity (Wildman–Crippen MR) is 63.1 cm³/mol. The summed E-state index contributed by atoms with van der Waals surface area (Å²) < 4.78 is 0.